The largest absolute Gasteiger partial charge is 0.481 e. The first kappa shape index (κ1) is 14.7. The standard InChI is InChI=1S/C17H15F2NO2/c18-14-7-11(15-8-12(9-20-15)17(21)22)6-13(16(14)19)10-4-2-1-3-5-10/h1-7,12,15,20H,8-9H2,(H,21,22). The van der Waals surface area contributed by atoms with E-state index in [0.29, 0.717) is 24.1 Å². The molecule has 5 heteroatoms. The van der Waals surface area contributed by atoms with Crippen LogP contribution in [0.5, 0.6) is 0 Å². The summed E-state index contributed by atoms with van der Waals surface area (Å²) in [6.45, 7) is 0.333. The van der Waals surface area contributed by atoms with E-state index in [1.165, 1.54) is 0 Å². The molecule has 114 valence electrons. The molecule has 0 saturated carbocycles. The van der Waals surface area contributed by atoms with E-state index in [-0.39, 0.29) is 11.6 Å². The third kappa shape index (κ3) is 2.72. The third-order valence-corrected chi connectivity index (χ3v) is 4.02. The Bertz CT molecular complexity index is 703. The molecule has 0 aromatic heterocycles. The SMILES string of the molecule is O=C(O)C1CNC(c2cc(F)c(F)c(-c3ccccc3)c2)C1. The average molecular weight is 303 g/mol. The van der Waals surface area contributed by atoms with Crippen molar-refractivity contribution in [1.29, 1.82) is 0 Å². The summed E-state index contributed by atoms with van der Waals surface area (Å²) in [4.78, 5) is 11.0. The number of nitrogens with one attached hydrogen (secondary N) is 1. The maximum atomic E-state index is 14.1. The fraction of sp³-hybridized carbons (Fsp3) is 0.235. The number of halogens is 2. The minimum Gasteiger partial charge on any atom is -0.481 e. The monoisotopic (exact) mass is 303 g/mol. The van der Waals surface area contributed by atoms with Gasteiger partial charge in [0.05, 0.1) is 5.92 Å². The van der Waals surface area contributed by atoms with Gasteiger partial charge in [-0.25, -0.2) is 8.78 Å². The molecular weight excluding hydrogens is 288 g/mol. The minimum atomic E-state index is -0.920. The summed E-state index contributed by atoms with van der Waals surface area (Å²) >= 11 is 0. The van der Waals surface area contributed by atoms with Gasteiger partial charge in [0.25, 0.3) is 0 Å². The first-order valence-corrected chi connectivity index (χ1v) is 7.07. The number of aliphatic carboxylic acids is 1. The highest BCUT2D eigenvalue weighted by molar-refractivity contribution is 5.71. The molecule has 2 aromatic carbocycles. The Morgan fingerprint density at radius 3 is 2.55 bits per heavy atom. The molecule has 1 heterocycles. The zero-order chi connectivity index (χ0) is 15.7. The summed E-state index contributed by atoms with van der Waals surface area (Å²) in [5.41, 5.74) is 1.35. The van der Waals surface area contributed by atoms with Crippen molar-refractivity contribution < 1.29 is 18.7 Å². The second-order valence-electron chi connectivity index (χ2n) is 5.46. The average Bonchev–Trinajstić information content (AvgIpc) is 3.01. The van der Waals surface area contributed by atoms with Gasteiger partial charge in [-0.15, -0.1) is 0 Å². The Morgan fingerprint density at radius 2 is 1.91 bits per heavy atom. The van der Waals surface area contributed by atoms with E-state index in [2.05, 4.69) is 5.32 Å². The molecule has 1 aliphatic heterocycles. The predicted molar refractivity (Wildman–Crippen MR) is 78.3 cm³/mol. The maximum absolute atomic E-state index is 14.1. The molecular formula is C17H15F2NO2. The first-order chi connectivity index (χ1) is 10.6. The topological polar surface area (TPSA) is 49.3 Å². The number of benzene rings is 2. The molecule has 3 rings (SSSR count). The van der Waals surface area contributed by atoms with Gasteiger partial charge in [0.1, 0.15) is 0 Å². The van der Waals surface area contributed by atoms with Crippen LogP contribution in [-0.2, 0) is 4.79 Å². The highest BCUT2D eigenvalue weighted by atomic mass is 19.2. The number of carbonyl (C=O) groups is 1. The van der Waals surface area contributed by atoms with Gasteiger partial charge in [-0.2, -0.15) is 0 Å². The van der Waals surface area contributed by atoms with Gasteiger partial charge >= 0.3 is 5.97 Å². The maximum Gasteiger partial charge on any atom is 0.307 e. The second-order valence-corrected chi connectivity index (χ2v) is 5.46. The fourth-order valence-corrected chi connectivity index (χ4v) is 2.82. The predicted octanol–water partition coefficient (Wildman–Crippen LogP) is 3.37. The van der Waals surface area contributed by atoms with E-state index < -0.39 is 23.5 Å². The van der Waals surface area contributed by atoms with Gasteiger partial charge in [0.15, 0.2) is 11.6 Å². The quantitative estimate of drug-likeness (QED) is 0.914. The summed E-state index contributed by atoms with van der Waals surface area (Å²) in [6.07, 6.45) is 0.370. The summed E-state index contributed by atoms with van der Waals surface area (Å²) in [5, 5.41) is 12.1. The Hall–Kier alpha value is -2.27. The second kappa shape index (κ2) is 5.85. The minimum absolute atomic E-state index is 0.191. The lowest BCUT2D eigenvalue weighted by Crippen LogP contribution is -2.17. The van der Waals surface area contributed by atoms with Crippen molar-refractivity contribution in [2.45, 2.75) is 12.5 Å². The summed E-state index contributed by atoms with van der Waals surface area (Å²) in [5.74, 6) is -3.18. The van der Waals surface area contributed by atoms with Crippen LogP contribution in [0.2, 0.25) is 0 Å². The van der Waals surface area contributed by atoms with Crippen LogP contribution < -0.4 is 5.32 Å². The van der Waals surface area contributed by atoms with E-state index in [1.54, 1.807) is 36.4 Å². The smallest absolute Gasteiger partial charge is 0.307 e. The molecule has 2 aromatic rings. The first-order valence-electron chi connectivity index (χ1n) is 7.07. The van der Waals surface area contributed by atoms with Crippen molar-refractivity contribution in [2.75, 3.05) is 6.54 Å². The molecule has 0 amide bonds. The molecule has 1 saturated heterocycles. The highest BCUT2D eigenvalue weighted by Crippen LogP contribution is 2.33. The van der Waals surface area contributed by atoms with E-state index in [4.69, 9.17) is 5.11 Å². The van der Waals surface area contributed by atoms with Gasteiger partial charge in [-0.05, 0) is 29.7 Å². The van der Waals surface area contributed by atoms with Gasteiger partial charge < -0.3 is 10.4 Å². The van der Waals surface area contributed by atoms with Crippen molar-refractivity contribution in [2.24, 2.45) is 5.92 Å². The number of hydrogen-bond donors (Lipinski definition) is 2. The van der Waals surface area contributed by atoms with Crippen molar-refractivity contribution in [3.8, 4) is 11.1 Å². The number of hydrogen-bond acceptors (Lipinski definition) is 2. The molecule has 0 bridgehead atoms. The van der Waals surface area contributed by atoms with Crippen LogP contribution in [0, 0.1) is 17.6 Å². The van der Waals surface area contributed by atoms with Gasteiger partial charge in [0.2, 0.25) is 0 Å². The summed E-state index contributed by atoms with van der Waals surface area (Å²) in [7, 11) is 0. The van der Waals surface area contributed by atoms with Gasteiger partial charge in [0, 0.05) is 18.2 Å². The van der Waals surface area contributed by atoms with Crippen molar-refractivity contribution in [3.63, 3.8) is 0 Å². The van der Waals surface area contributed by atoms with Crippen LogP contribution in [0.1, 0.15) is 18.0 Å². The fourth-order valence-electron chi connectivity index (χ4n) is 2.82. The molecule has 22 heavy (non-hydrogen) atoms. The summed E-state index contributed by atoms with van der Waals surface area (Å²) in [6, 6.07) is 11.2. The molecule has 1 aliphatic rings. The molecule has 2 atom stereocenters. The molecule has 0 radical (unpaired) electrons. The number of rotatable bonds is 3. The lowest BCUT2D eigenvalue weighted by Gasteiger charge is -2.14. The van der Waals surface area contributed by atoms with Crippen molar-refractivity contribution in [1.82, 2.24) is 5.32 Å². The zero-order valence-corrected chi connectivity index (χ0v) is 11.7. The van der Waals surface area contributed by atoms with Crippen molar-refractivity contribution >= 4 is 5.97 Å². The summed E-state index contributed by atoms with van der Waals surface area (Å²) < 4.78 is 28.0. The van der Waals surface area contributed by atoms with E-state index in [0.717, 1.165) is 6.07 Å². The van der Waals surface area contributed by atoms with Crippen LogP contribution in [0.15, 0.2) is 42.5 Å². The molecule has 1 fully saturated rings. The molecule has 2 N–H and O–H groups in total. The van der Waals surface area contributed by atoms with Crippen LogP contribution >= 0.6 is 0 Å². The van der Waals surface area contributed by atoms with Crippen LogP contribution in [0.3, 0.4) is 0 Å². The Labute approximate surface area is 126 Å². The van der Waals surface area contributed by atoms with E-state index >= 15 is 0 Å². The van der Waals surface area contributed by atoms with E-state index in [1.807, 2.05) is 0 Å². The highest BCUT2D eigenvalue weighted by Gasteiger charge is 2.31. The van der Waals surface area contributed by atoms with Gasteiger partial charge in [-0.3, -0.25) is 4.79 Å². The van der Waals surface area contributed by atoms with Crippen LogP contribution in [0.25, 0.3) is 11.1 Å². The third-order valence-electron chi connectivity index (χ3n) is 4.02. The van der Waals surface area contributed by atoms with Gasteiger partial charge in [-0.1, -0.05) is 30.3 Å². The Morgan fingerprint density at radius 1 is 1.18 bits per heavy atom. The van der Waals surface area contributed by atoms with E-state index in [9.17, 15) is 13.6 Å². The molecule has 2 unspecified atom stereocenters. The zero-order valence-electron chi connectivity index (χ0n) is 11.7. The Balaban J connectivity index is 1.97. The van der Waals surface area contributed by atoms with Crippen LogP contribution in [-0.4, -0.2) is 17.6 Å². The van der Waals surface area contributed by atoms with Crippen molar-refractivity contribution in [3.05, 3.63) is 59.7 Å². The number of carboxylic acids is 1. The molecule has 0 spiro atoms. The molecule has 3 nitrogen and oxygen atoms in total. The lowest BCUT2D eigenvalue weighted by molar-refractivity contribution is -0.141. The molecule has 0 aliphatic carbocycles. The van der Waals surface area contributed by atoms with Crippen LogP contribution in [0.4, 0.5) is 8.78 Å². The lowest BCUT2D eigenvalue weighted by atomic mass is 9.96. The Kier molecular flexibility index (Phi) is 3.90. The normalized spacial score (nSPS) is 21.0. The number of carboxylic acid groups (broad SMARTS) is 1.